The molecule has 1 aromatic rings. The van der Waals surface area contributed by atoms with Crippen molar-refractivity contribution in [2.24, 2.45) is 0 Å². The van der Waals surface area contributed by atoms with Gasteiger partial charge >= 0.3 is 0 Å². The van der Waals surface area contributed by atoms with Gasteiger partial charge < -0.3 is 11.1 Å². The number of nitrogens with one attached hydrogen (secondary N) is 1. The normalized spacial score (nSPS) is 17.5. The SMILES string of the molecule is Nc1cc(C(=O)NC2CCCCCCC2)ccc1F. The average molecular weight is 264 g/mol. The molecule has 0 atom stereocenters. The minimum absolute atomic E-state index is 0.0188. The Morgan fingerprint density at radius 1 is 1.16 bits per heavy atom. The van der Waals surface area contributed by atoms with E-state index in [9.17, 15) is 9.18 Å². The van der Waals surface area contributed by atoms with Crippen molar-refractivity contribution in [3.8, 4) is 0 Å². The molecule has 19 heavy (non-hydrogen) atoms. The van der Waals surface area contributed by atoms with Crippen molar-refractivity contribution < 1.29 is 9.18 Å². The van der Waals surface area contributed by atoms with E-state index in [-0.39, 0.29) is 17.6 Å². The van der Waals surface area contributed by atoms with Gasteiger partial charge in [-0.3, -0.25) is 4.79 Å². The second-order valence-electron chi connectivity index (χ2n) is 5.25. The Kier molecular flexibility index (Phi) is 4.77. The molecule has 0 aliphatic heterocycles. The van der Waals surface area contributed by atoms with E-state index in [2.05, 4.69) is 5.32 Å². The fraction of sp³-hybridized carbons (Fsp3) is 0.533. The monoisotopic (exact) mass is 264 g/mol. The molecule has 3 N–H and O–H groups in total. The first-order valence-electron chi connectivity index (χ1n) is 7.02. The fourth-order valence-electron chi connectivity index (χ4n) is 2.55. The number of anilines is 1. The molecule has 4 heteroatoms. The second-order valence-corrected chi connectivity index (χ2v) is 5.25. The van der Waals surface area contributed by atoms with Gasteiger partial charge in [-0.1, -0.05) is 32.1 Å². The van der Waals surface area contributed by atoms with Crippen LogP contribution in [0.5, 0.6) is 0 Å². The van der Waals surface area contributed by atoms with Crippen molar-refractivity contribution in [3.05, 3.63) is 29.6 Å². The Bertz CT molecular complexity index is 440. The zero-order valence-electron chi connectivity index (χ0n) is 11.1. The molecule has 1 fully saturated rings. The van der Waals surface area contributed by atoms with E-state index in [0.717, 1.165) is 25.7 Å². The maximum absolute atomic E-state index is 13.1. The summed E-state index contributed by atoms with van der Waals surface area (Å²) in [5.41, 5.74) is 5.93. The van der Waals surface area contributed by atoms with Crippen LogP contribution in [0.4, 0.5) is 10.1 Å². The maximum Gasteiger partial charge on any atom is 0.251 e. The van der Waals surface area contributed by atoms with E-state index in [1.165, 1.54) is 37.5 Å². The number of rotatable bonds is 2. The van der Waals surface area contributed by atoms with Crippen LogP contribution in [-0.2, 0) is 0 Å². The molecule has 1 aromatic carbocycles. The van der Waals surface area contributed by atoms with Crippen LogP contribution in [0.15, 0.2) is 18.2 Å². The van der Waals surface area contributed by atoms with Gasteiger partial charge in [0.15, 0.2) is 0 Å². The lowest BCUT2D eigenvalue weighted by atomic mass is 9.96. The number of carbonyl (C=O) groups excluding carboxylic acids is 1. The van der Waals surface area contributed by atoms with Crippen LogP contribution in [0.3, 0.4) is 0 Å². The zero-order chi connectivity index (χ0) is 13.7. The van der Waals surface area contributed by atoms with Gasteiger partial charge in [0.05, 0.1) is 5.69 Å². The van der Waals surface area contributed by atoms with Crippen LogP contribution in [0.25, 0.3) is 0 Å². The average Bonchev–Trinajstić information content (AvgIpc) is 2.35. The number of nitrogens with two attached hydrogens (primary N) is 1. The molecular weight excluding hydrogens is 243 g/mol. The molecule has 0 aromatic heterocycles. The summed E-state index contributed by atoms with van der Waals surface area (Å²) in [4.78, 5) is 12.1. The lowest BCUT2D eigenvalue weighted by Gasteiger charge is -2.21. The Morgan fingerprint density at radius 3 is 2.42 bits per heavy atom. The second kappa shape index (κ2) is 6.55. The summed E-state index contributed by atoms with van der Waals surface area (Å²) >= 11 is 0. The molecule has 0 radical (unpaired) electrons. The number of halogens is 1. The van der Waals surface area contributed by atoms with Gasteiger partial charge in [0.25, 0.3) is 5.91 Å². The molecule has 0 saturated heterocycles. The van der Waals surface area contributed by atoms with Crippen molar-refractivity contribution in [2.45, 2.75) is 51.0 Å². The number of nitrogen functional groups attached to an aromatic ring is 1. The standard InChI is InChI=1S/C15H21FN2O/c16-13-9-8-11(10-14(13)17)15(19)18-12-6-4-2-1-3-5-7-12/h8-10,12H,1-7,17H2,(H,18,19). The molecule has 3 nitrogen and oxygen atoms in total. The smallest absolute Gasteiger partial charge is 0.251 e. The third kappa shape index (κ3) is 3.94. The quantitative estimate of drug-likeness (QED) is 0.806. The zero-order valence-corrected chi connectivity index (χ0v) is 11.1. The number of carbonyl (C=O) groups is 1. The van der Waals surface area contributed by atoms with Crippen LogP contribution in [0.1, 0.15) is 55.3 Å². The number of hydrogen-bond donors (Lipinski definition) is 2. The minimum atomic E-state index is -0.484. The fourth-order valence-corrected chi connectivity index (χ4v) is 2.55. The van der Waals surface area contributed by atoms with Crippen LogP contribution < -0.4 is 11.1 Å². The molecule has 2 rings (SSSR count). The van der Waals surface area contributed by atoms with Gasteiger partial charge in [0, 0.05) is 11.6 Å². The van der Waals surface area contributed by atoms with Gasteiger partial charge in [-0.2, -0.15) is 0 Å². The summed E-state index contributed by atoms with van der Waals surface area (Å²) in [5.74, 6) is -0.639. The molecule has 0 unspecified atom stereocenters. The van der Waals surface area contributed by atoms with Gasteiger partial charge in [0.2, 0.25) is 0 Å². The van der Waals surface area contributed by atoms with Gasteiger partial charge in [-0.05, 0) is 31.0 Å². The molecule has 1 amide bonds. The van der Waals surface area contributed by atoms with Crippen molar-refractivity contribution in [3.63, 3.8) is 0 Å². The first-order valence-corrected chi connectivity index (χ1v) is 7.02. The highest BCUT2D eigenvalue weighted by atomic mass is 19.1. The van der Waals surface area contributed by atoms with E-state index in [1.807, 2.05) is 0 Å². The summed E-state index contributed by atoms with van der Waals surface area (Å²) < 4.78 is 13.1. The third-order valence-electron chi connectivity index (χ3n) is 3.70. The summed E-state index contributed by atoms with van der Waals surface area (Å²) in [6.07, 6.45) is 8.18. The predicted molar refractivity (Wildman–Crippen MR) is 74.4 cm³/mol. The largest absolute Gasteiger partial charge is 0.396 e. The maximum atomic E-state index is 13.1. The minimum Gasteiger partial charge on any atom is -0.396 e. The molecule has 0 heterocycles. The molecule has 1 aliphatic carbocycles. The van der Waals surface area contributed by atoms with Gasteiger partial charge in [-0.15, -0.1) is 0 Å². The van der Waals surface area contributed by atoms with Crippen molar-refractivity contribution in [1.29, 1.82) is 0 Å². The summed E-state index contributed by atoms with van der Waals surface area (Å²) in [6.45, 7) is 0. The lowest BCUT2D eigenvalue weighted by Crippen LogP contribution is -2.35. The molecular formula is C15H21FN2O. The van der Waals surface area contributed by atoms with Crippen LogP contribution >= 0.6 is 0 Å². The Morgan fingerprint density at radius 2 is 1.79 bits per heavy atom. The first-order chi connectivity index (χ1) is 9.16. The van der Waals surface area contributed by atoms with E-state index < -0.39 is 5.82 Å². The van der Waals surface area contributed by atoms with Crippen LogP contribution in [-0.4, -0.2) is 11.9 Å². The highest BCUT2D eigenvalue weighted by Gasteiger charge is 2.15. The first kappa shape index (κ1) is 13.8. The molecule has 1 aliphatic rings. The Labute approximate surface area is 113 Å². The number of amides is 1. The van der Waals surface area contributed by atoms with E-state index >= 15 is 0 Å². The molecule has 1 saturated carbocycles. The van der Waals surface area contributed by atoms with Crippen LogP contribution in [0, 0.1) is 5.82 Å². The van der Waals surface area contributed by atoms with E-state index in [0.29, 0.717) is 5.56 Å². The molecule has 0 bridgehead atoms. The highest BCUT2D eigenvalue weighted by molar-refractivity contribution is 5.95. The Hall–Kier alpha value is -1.58. The summed E-state index contributed by atoms with van der Waals surface area (Å²) in [6, 6.07) is 4.35. The lowest BCUT2D eigenvalue weighted by molar-refractivity contribution is 0.0930. The number of hydrogen-bond acceptors (Lipinski definition) is 2. The van der Waals surface area contributed by atoms with Gasteiger partial charge in [0.1, 0.15) is 5.82 Å². The van der Waals surface area contributed by atoms with Gasteiger partial charge in [-0.25, -0.2) is 4.39 Å². The third-order valence-corrected chi connectivity index (χ3v) is 3.70. The summed E-state index contributed by atoms with van der Waals surface area (Å²) in [5, 5.41) is 3.03. The predicted octanol–water partition coefficient (Wildman–Crippen LogP) is 3.25. The van der Waals surface area contributed by atoms with E-state index in [4.69, 9.17) is 5.73 Å². The molecule has 104 valence electrons. The van der Waals surface area contributed by atoms with Crippen LogP contribution in [0.2, 0.25) is 0 Å². The van der Waals surface area contributed by atoms with E-state index in [1.54, 1.807) is 0 Å². The Balaban J connectivity index is 1.96. The van der Waals surface area contributed by atoms with Crippen molar-refractivity contribution >= 4 is 11.6 Å². The van der Waals surface area contributed by atoms with Crippen molar-refractivity contribution in [2.75, 3.05) is 5.73 Å². The highest BCUT2D eigenvalue weighted by Crippen LogP contribution is 2.18. The molecule has 0 spiro atoms. The number of benzene rings is 1. The summed E-state index contributed by atoms with van der Waals surface area (Å²) in [7, 11) is 0. The van der Waals surface area contributed by atoms with Crippen molar-refractivity contribution in [1.82, 2.24) is 5.32 Å². The topological polar surface area (TPSA) is 55.1 Å².